The maximum atomic E-state index is 11.3. The summed E-state index contributed by atoms with van der Waals surface area (Å²) in [6, 6.07) is 0. The Balaban J connectivity index is 1.57. The summed E-state index contributed by atoms with van der Waals surface area (Å²) >= 11 is 0. The highest BCUT2D eigenvalue weighted by atomic mass is 16.5. The monoisotopic (exact) mass is 230 g/mol. The van der Waals surface area contributed by atoms with Gasteiger partial charge in [0.05, 0.1) is 0 Å². The van der Waals surface area contributed by atoms with Gasteiger partial charge in [-0.3, -0.25) is 0 Å². The highest BCUT2D eigenvalue weighted by Crippen LogP contribution is 2.65. The summed E-state index contributed by atoms with van der Waals surface area (Å²) < 4.78 is 5.53. The summed E-state index contributed by atoms with van der Waals surface area (Å²) in [5.41, 5.74) is 1.74. The number of ether oxygens (including phenoxy) is 1. The number of allylic oxidation sites excluding steroid dienone is 2. The summed E-state index contributed by atoms with van der Waals surface area (Å²) in [5, 5.41) is 0. The molecule has 6 unspecified atom stereocenters. The standard InChI is InChI=1S/C15H18O2/c1-2-13(16)17-12-7-10-6-11(12)15-9-4-3-8(5-9)14(10)15/h2-3,9-12,14-15H,1,4-7H2. The van der Waals surface area contributed by atoms with E-state index in [1.165, 1.54) is 25.3 Å². The molecule has 3 saturated carbocycles. The molecular formula is C15H18O2. The summed E-state index contributed by atoms with van der Waals surface area (Å²) in [5.74, 6) is 3.76. The molecule has 0 radical (unpaired) electrons. The Morgan fingerprint density at radius 2 is 2.29 bits per heavy atom. The second kappa shape index (κ2) is 3.24. The van der Waals surface area contributed by atoms with Crippen molar-refractivity contribution in [1.29, 1.82) is 0 Å². The average Bonchev–Trinajstić information content (AvgIpc) is 3.06. The minimum absolute atomic E-state index is 0.187. The van der Waals surface area contributed by atoms with Crippen LogP contribution in [0.25, 0.3) is 0 Å². The maximum Gasteiger partial charge on any atom is 0.330 e. The molecule has 0 N–H and O–H groups in total. The Morgan fingerprint density at radius 1 is 1.41 bits per heavy atom. The molecule has 90 valence electrons. The van der Waals surface area contributed by atoms with Gasteiger partial charge >= 0.3 is 5.97 Å². The van der Waals surface area contributed by atoms with Crippen LogP contribution >= 0.6 is 0 Å². The van der Waals surface area contributed by atoms with Gasteiger partial charge in [0, 0.05) is 6.08 Å². The van der Waals surface area contributed by atoms with E-state index in [1.807, 2.05) is 0 Å². The van der Waals surface area contributed by atoms with Crippen molar-refractivity contribution in [2.75, 3.05) is 0 Å². The van der Waals surface area contributed by atoms with Crippen molar-refractivity contribution in [2.45, 2.75) is 31.8 Å². The van der Waals surface area contributed by atoms with Crippen LogP contribution in [0, 0.1) is 29.6 Å². The van der Waals surface area contributed by atoms with Crippen molar-refractivity contribution in [2.24, 2.45) is 29.6 Å². The predicted molar refractivity (Wildman–Crippen MR) is 64.1 cm³/mol. The molecule has 0 spiro atoms. The van der Waals surface area contributed by atoms with Gasteiger partial charge in [0.2, 0.25) is 0 Å². The van der Waals surface area contributed by atoms with Gasteiger partial charge in [-0.15, -0.1) is 0 Å². The van der Waals surface area contributed by atoms with Crippen molar-refractivity contribution in [1.82, 2.24) is 0 Å². The van der Waals surface area contributed by atoms with Gasteiger partial charge in [0.15, 0.2) is 0 Å². The quantitative estimate of drug-likeness (QED) is 0.315. The first-order chi connectivity index (χ1) is 8.28. The van der Waals surface area contributed by atoms with Gasteiger partial charge in [-0.25, -0.2) is 4.79 Å². The van der Waals surface area contributed by atoms with Crippen LogP contribution in [0.2, 0.25) is 0 Å². The molecule has 0 heterocycles. The first kappa shape index (κ1) is 9.93. The third-order valence-corrected chi connectivity index (χ3v) is 5.59. The highest BCUT2D eigenvalue weighted by molar-refractivity contribution is 5.81. The van der Waals surface area contributed by atoms with Crippen molar-refractivity contribution in [3.05, 3.63) is 24.3 Å². The van der Waals surface area contributed by atoms with Crippen LogP contribution in [0.4, 0.5) is 0 Å². The molecular weight excluding hydrogens is 212 g/mol. The van der Waals surface area contributed by atoms with Crippen LogP contribution < -0.4 is 0 Å². The minimum Gasteiger partial charge on any atom is -0.459 e. The molecule has 2 nitrogen and oxygen atoms in total. The molecule has 0 saturated heterocycles. The second-order valence-electron chi connectivity index (χ2n) is 6.16. The Kier molecular flexibility index (Phi) is 1.89. The predicted octanol–water partition coefficient (Wildman–Crippen LogP) is 2.71. The highest BCUT2D eigenvalue weighted by Gasteiger charge is 2.60. The van der Waals surface area contributed by atoms with Crippen molar-refractivity contribution >= 4 is 5.97 Å². The zero-order valence-corrected chi connectivity index (χ0v) is 9.97. The number of carbonyl (C=O) groups excluding carboxylic acids is 1. The van der Waals surface area contributed by atoms with Crippen molar-refractivity contribution < 1.29 is 9.53 Å². The maximum absolute atomic E-state index is 11.3. The fourth-order valence-corrected chi connectivity index (χ4v) is 5.21. The number of fused-ring (bicyclic) bond motifs is 9. The number of hydrogen-bond donors (Lipinski definition) is 0. The van der Waals surface area contributed by atoms with E-state index in [4.69, 9.17) is 4.74 Å². The number of rotatable bonds is 2. The van der Waals surface area contributed by atoms with Crippen molar-refractivity contribution in [3.8, 4) is 0 Å². The molecule has 2 heteroatoms. The van der Waals surface area contributed by atoms with Gasteiger partial charge < -0.3 is 4.74 Å². The van der Waals surface area contributed by atoms with Crippen LogP contribution in [0.1, 0.15) is 25.7 Å². The molecule has 4 aliphatic carbocycles. The van der Waals surface area contributed by atoms with E-state index in [0.29, 0.717) is 5.92 Å². The molecule has 0 amide bonds. The van der Waals surface area contributed by atoms with Gasteiger partial charge in [0.25, 0.3) is 0 Å². The van der Waals surface area contributed by atoms with Crippen LogP contribution in [0.15, 0.2) is 24.3 Å². The first-order valence-corrected chi connectivity index (χ1v) is 6.80. The first-order valence-electron chi connectivity index (χ1n) is 6.80. The lowest BCUT2D eigenvalue weighted by molar-refractivity contribution is -0.147. The summed E-state index contributed by atoms with van der Waals surface area (Å²) in [6.45, 7) is 3.49. The lowest BCUT2D eigenvalue weighted by Gasteiger charge is -2.35. The third-order valence-electron chi connectivity index (χ3n) is 5.59. The Labute approximate surface area is 102 Å². The van der Waals surface area contributed by atoms with E-state index in [-0.39, 0.29) is 12.1 Å². The van der Waals surface area contributed by atoms with Gasteiger partial charge in [-0.05, 0) is 55.3 Å². The van der Waals surface area contributed by atoms with E-state index in [1.54, 1.807) is 5.57 Å². The van der Waals surface area contributed by atoms with E-state index in [0.717, 1.165) is 30.1 Å². The Morgan fingerprint density at radius 3 is 3.12 bits per heavy atom. The van der Waals surface area contributed by atoms with E-state index < -0.39 is 0 Å². The third kappa shape index (κ3) is 1.19. The van der Waals surface area contributed by atoms with Gasteiger partial charge in [-0.1, -0.05) is 18.2 Å². The zero-order valence-electron chi connectivity index (χ0n) is 9.97. The van der Waals surface area contributed by atoms with E-state index in [2.05, 4.69) is 12.7 Å². The SMILES string of the molecule is C=CC(=O)OC1CC2CC1C1C3CC=C(C3)C21. The molecule has 4 bridgehead atoms. The van der Waals surface area contributed by atoms with E-state index >= 15 is 0 Å². The number of esters is 1. The average molecular weight is 230 g/mol. The fourth-order valence-electron chi connectivity index (χ4n) is 5.21. The van der Waals surface area contributed by atoms with Gasteiger partial charge in [0.1, 0.15) is 6.10 Å². The number of hydrogen-bond acceptors (Lipinski definition) is 2. The summed E-state index contributed by atoms with van der Waals surface area (Å²) in [7, 11) is 0. The van der Waals surface area contributed by atoms with Crippen LogP contribution in [0.5, 0.6) is 0 Å². The molecule has 0 aromatic carbocycles. The fraction of sp³-hybridized carbons (Fsp3) is 0.667. The largest absolute Gasteiger partial charge is 0.459 e. The molecule has 0 aromatic rings. The smallest absolute Gasteiger partial charge is 0.330 e. The molecule has 0 aromatic heterocycles. The Hall–Kier alpha value is -1.05. The van der Waals surface area contributed by atoms with Gasteiger partial charge in [-0.2, -0.15) is 0 Å². The van der Waals surface area contributed by atoms with Crippen LogP contribution in [-0.2, 0) is 9.53 Å². The van der Waals surface area contributed by atoms with Crippen LogP contribution in [0.3, 0.4) is 0 Å². The topological polar surface area (TPSA) is 26.3 Å². The second-order valence-corrected chi connectivity index (χ2v) is 6.16. The lowest BCUT2D eigenvalue weighted by atomic mass is 9.73. The molecule has 6 atom stereocenters. The summed E-state index contributed by atoms with van der Waals surface area (Å²) in [4.78, 5) is 11.3. The zero-order chi connectivity index (χ0) is 11.6. The molecule has 17 heavy (non-hydrogen) atoms. The minimum atomic E-state index is -0.235. The van der Waals surface area contributed by atoms with E-state index in [9.17, 15) is 4.79 Å². The molecule has 0 aliphatic heterocycles. The number of carbonyl (C=O) groups is 1. The Bertz CT molecular complexity index is 423. The molecule has 4 aliphatic rings. The normalized spacial score (nSPS) is 49.1. The molecule has 3 fully saturated rings. The van der Waals surface area contributed by atoms with Crippen LogP contribution in [-0.4, -0.2) is 12.1 Å². The molecule has 4 rings (SSSR count). The summed E-state index contributed by atoms with van der Waals surface area (Å²) in [6.07, 6.45) is 8.97. The lowest BCUT2D eigenvalue weighted by Crippen LogP contribution is -2.35. The van der Waals surface area contributed by atoms with Crippen molar-refractivity contribution in [3.63, 3.8) is 0 Å².